The van der Waals surface area contributed by atoms with E-state index in [0.29, 0.717) is 25.8 Å². The van der Waals surface area contributed by atoms with Gasteiger partial charge in [-0.15, -0.1) is 0 Å². The Morgan fingerprint density at radius 2 is 1.73 bits per heavy atom. The molecule has 2 amide bonds. The van der Waals surface area contributed by atoms with Crippen LogP contribution in [0.25, 0.3) is 0 Å². The van der Waals surface area contributed by atoms with Crippen molar-refractivity contribution in [2.75, 3.05) is 6.54 Å². The molecule has 1 unspecified atom stereocenters. The van der Waals surface area contributed by atoms with Gasteiger partial charge in [0.1, 0.15) is 0 Å². The zero-order chi connectivity index (χ0) is 11.6. The van der Waals surface area contributed by atoms with Gasteiger partial charge < -0.3 is 5.11 Å². The maximum Gasteiger partial charge on any atom is 0.229 e. The molecule has 1 rings (SSSR count). The van der Waals surface area contributed by atoms with Crippen molar-refractivity contribution < 1.29 is 14.7 Å². The quantitative estimate of drug-likeness (QED) is 0.572. The smallest absolute Gasteiger partial charge is 0.229 e. The molecule has 0 aromatic heterocycles. The van der Waals surface area contributed by atoms with Crippen molar-refractivity contribution in [2.24, 2.45) is 0 Å². The molecule has 15 heavy (non-hydrogen) atoms. The molecule has 0 saturated carbocycles. The monoisotopic (exact) mass is 229 g/mol. The topological polar surface area (TPSA) is 57.6 Å². The first-order valence-corrected chi connectivity index (χ1v) is 8.91. The van der Waals surface area contributed by atoms with E-state index in [-0.39, 0.29) is 17.5 Å². The molecule has 4 nitrogen and oxygen atoms in total. The van der Waals surface area contributed by atoms with Gasteiger partial charge in [-0.1, -0.05) is 19.6 Å². The van der Waals surface area contributed by atoms with E-state index in [2.05, 4.69) is 19.6 Å². The first-order valence-electron chi connectivity index (χ1n) is 5.33. The molecule has 1 fully saturated rings. The summed E-state index contributed by atoms with van der Waals surface area (Å²) in [6.07, 6.45) is 1.19. The minimum Gasteiger partial charge on any atom is -0.396 e. The van der Waals surface area contributed by atoms with Gasteiger partial charge in [0.15, 0.2) is 0 Å². The van der Waals surface area contributed by atoms with Crippen LogP contribution in [-0.2, 0) is 9.59 Å². The molecule has 5 heteroatoms. The Morgan fingerprint density at radius 1 is 1.27 bits per heavy atom. The summed E-state index contributed by atoms with van der Waals surface area (Å²) in [5.74, 6) is -0.189. The Labute approximate surface area is 91.3 Å². The van der Waals surface area contributed by atoms with Crippen LogP contribution in [0, 0.1) is 0 Å². The predicted octanol–water partition coefficient (Wildman–Crippen LogP) is 0.764. The van der Waals surface area contributed by atoms with E-state index in [4.69, 9.17) is 0 Å². The minimum absolute atomic E-state index is 0.0947. The summed E-state index contributed by atoms with van der Waals surface area (Å²) >= 11 is 0. The van der Waals surface area contributed by atoms with Crippen LogP contribution in [0.2, 0.25) is 19.6 Å². The first kappa shape index (κ1) is 12.4. The molecule has 1 heterocycles. The summed E-state index contributed by atoms with van der Waals surface area (Å²) in [6.45, 7) is 6.60. The number of hydrogen-bond acceptors (Lipinski definition) is 3. The third-order valence-electron chi connectivity index (χ3n) is 2.78. The zero-order valence-electron chi connectivity index (χ0n) is 9.62. The SMILES string of the molecule is C[Si](C)(C)C(O)CCN1C(=O)CCC1=O. The van der Waals surface area contributed by atoms with E-state index in [9.17, 15) is 14.7 Å². The Morgan fingerprint density at radius 3 is 2.13 bits per heavy atom. The summed E-state index contributed by atoms with van der Waals surface area (Å²) in [7, 11) is -1.57. The van der Waals surface area contributed by atoms with E-state index in [1.165, 1.54) is 4.90 Å². The highest BCUT2D eigenvalue weighted by molar-refractivity contribution is 6.77. The lowest BCUT2D eigenvalue weighted by Crippen LogP contribution is -2.41. The van der Waals surface area contributed by atoms with Crippen molar-refractivity contribution >= 4 is 19.9 Å². The second-order valence-electron chi connectivity index (χ2n) is 5.11. The van der Waals surface area contributed by atoms with Crippen LogP contribution >= 0.6 is 0 Å². The van der Waals surface area contributed by atoms with Gasteiger partial charge in [0.25, 0.3) is 0 Å². The molecule has 0 aromatic carbocycles. The summed E-state index contributed by atoms with van der Waals surface area (Å²) in [6, 6.07) is 0. The number of imide groups is 1. The fourth-order valence-electron chi connectivity index (χ4n) is 1.56. The third-order valence-corrected chi connectivity index (χ3v) is 5.07. The lowest BCUT2D eigenvalue weighted by Gasteiger charge is -2.25. The predicted molar refractivity (Wildman–Crippen MR) is 59.9 cm³/mol. The van der Waals surface area contributed by atoms with Crippen LogP contribution in [0.1, 0.15) is 19.3 Å². The zero-order valence-corrected chi connectivity index (χ0v) is 10.6. The molecule has 0 spiro atoms. The van der Waals surface area contributed by atoms with Gasteiger partial charge in [0.2, 0.25) is 11.8 Å². The fraction of sp³-hybridized carbons (Fsp3) is 0.800. The summed E-state index contributed by atoms with van der Waals surface area (Å²) < 4.78 is 0. The van der Waals surface area contributed by atoms with Crippen molar-refractivity contribution in [3.63, 3.8) is 0 Å². The lowest BCUT2D eigenvalue weighted by atomic mass is 10.4. The second kappa shape index (κ2) is 4.45. The number of nitrogens with zero attached hydrogens (tertiary/aromatic N) is 1. The molecule has 1 N–H and O–H groups in total. The highest BCUT2D eigenvalue weighted by atomic mass is 28.3. The van der Waals surface area contributed by atoms with Crippen molar-refractivity contribution in [3.8, 4) is 0 Å². The van der Waals surface area contributed by atoms with Gasteiger partial charge in [0.05, 0.1) is 8.07 Å². The third kappa shape index (κ3) is 3.14. The number of aliphatic hydroxyl groups excluding tert-OH is 1. The highest BCUT2D eigenvalue weighted by Crippen LogP contribution is 2.16. The maximum atomic E-state index is 11.3. The summed E-state index contributed by atoms with van der Waals surface area (Å²) in [5.41, 5.74) is -0.348. The van der Waals surface area contributed by atoms with Gasteiger partial charge in [-0.2, -0.15) is 0 Å². The molecule has 0 aromatic rings. The van der Waals surface area contributed by atoms with Crippen molar-refractivity contribution in [3.05, 3.63) is 0 Å². The average Bonchev–Trinajstić information content (AvgIpc) is 2.41. The van der Waals surface area contributed by atoms with Crippen LogP contribution in [0.3, 0.4) is 0 Å². The molecule has 0 radical (unpaired) electrons. The van der Waals surface area contributed by atoms with Gasteiger partial charge in [-0.05, 0) is 6.42 Å². The Bertz CT molecular complexity index is 256. The normalized spacial score (nSPS) is 19.9. The standard InChI is InChI=1S/C10H19NO3Si/c1-15(2,3)10(14)6-7-11-8(12)4-5-9(11)13/h10,14H,4-7H2,1-3H3. The number of amides is 2. The van der Waals surface area contributed by atoms with Crippen molar-refractivity contribution in [2.45, 2.75) is 44.6 Å². The Balaban J connectivity index is 2.43. The van der Waals surface area contributed by atoms with Gasteiger partial charge in [0, 0.05) is 25.1 Å². The number of rotatable bonds is 4. The molecule has 86 valence electrons. The number of carbonyl (C=O) groups is 2. The fourth-order valence-corrected chi connectivity index (χ4v) is 2.55. The van der Waals surface area contributed by atoms with Crippen LogP contribution in [0.15, 0.2) is 0 Å². The van der Waals surface area contributed by atoms with E-state index < -0.39 is 8.07 Å². The molecule has 0 bridgehead atoms. The molecular weight excluding hydrogens is 210 g/mol. The summed E-state index contributed by atoms with van der Waals surface area (Å²) in [5, 5.41) is 9.83. The minimum atomic E-state index is -1.57. The van der Waals surface area contributed by atoms with Gasteiger partial charge >= 0.3 is 0 Å². The van der Waals surface area contributed by atoms with Crippen LogP contribution in [0.4, 0.5) is 0 Å². The molecular formula is C10H19NO3Si. The molecule has 0 aliphatic carbocycles. The average molecular weight is 229 g/mol. The number of aliphatic hydroxyl groups is 1. The molecule has 1 atom stereocenters. The van der Waals surface area contributed by atoms with Crippen LogP contribution < -0.4 is 0 Å². The largest absolute Gasteiger partial charge is 0.396 e. The maximum absolute atomic E-state index is 11.3. The highest BCUT2D eigenvalue weighted by Gasteiger charge is 2.31. The Hall–Kier alpha value is -0.683. The first-order chi connectivity index (χ1) is 6.82. The number of hydrogen-bond donors (Lipinski definition) is 1. The van der Waals surface area contributed by atoms with Crippen molar-refractivity contribution in [1.82, 2.24) is 4.90 Å². The number of carbonyl (C=O) groups excluding carboxylic acids is 2. The van der Waals surface area contributed by atoms with Gasteiger partial charge in [-0.25, -0.2) is 0 Å². The van der Waals surface area contributed by atoms with E-state index >= 15 is 0 Å². The summed E-state index contributed by atoms with van der Waals surface area (Å²) in [4.78, 5) is 23.8. The Kier molecular flexibility index (Phi) is 3.67. The molecule has 1 aliphatic heterocycles. The number of likely N-dealkylation sites (tertiary alicyclic amines) is 1. The molecule has 1 aliphatic rings. The van der Waals surface area contributed by atoms with E-state index in [1.807, 2.05) is 0 Å². The second-order valence-corrected chi connectivity index (χ2v) is 10.5. The van der Waals surface area contributed by atoms with E-state index in [0.717, 1.165) is 0 Å². The lowest BCUT2D eigenvalue weighted by molar-refractivity contribution is -0.138. The van der Waals surface area contributed by atoms with Crippen LogP contribution in [-0.4, -0.2) is 42.2 Å². The molecule has 1 saturated heterocycles. The van der Waals surface area contributed by atoms with E-state index in [1.54, 1.807) is 0 Å². The van der Waals surface area contributed by atoms with Gasteiger partial charge in [-0.3, -0.25) is 14.5 Å². The van der Waals surface area contributed by atoms with Crippen LogP contribution in [0.5, 0.6) is 0 Å². The van der Waals surface area contributed by atoms with Crippen molar-refractivity contribution in [1.29, 1.82) is 0 Å².